The van der Waals surface area contributed by atoms with Crippen molar-refractivity contribution in [3.8, 4) is 0 Å². The minimum absolute atomic E-state index is 0. The van der Waals surface area contributed by atoms with Crippen LogP contribution in [0.2, 0.25) is 10.0 Å². The number of nitrogens with two attached hydrogens (primary N) is 1. The van der Waals surface area contributed by atoms with Crippen molar-refractivity contribution < 1.29 is 9.59 Å². The molecule has 0 fully saturated rings. The quantitative estimate of drug-likeness (QED) is 0.757. The predicted octanol–water partition coefficient (Wildman–Crippen LogP) is 4.21. The number of fused-ring (bicyclic) bond motifs is 1. The van der Waals surface area contributed by atoms with E-state index in [1.54, 1.807) is 12.1 Å². The Morgan fingerprint density at radius 2 is 2.08 bits per heavy atom. The second-order valence-corrected chi connectivity index (χ2v) is 7.72. The van der Waals surface area contributed by atoms with Gasteiger partial charge in [-0.25, -0.2) is 0 Å². The number of rotatable bonds is 4. The van der Waals surface area contributed by atoms with Crippen LogP contribution in [0.4, 0.5) is 5.00 Å². The van der Waals surface area contributed by atoms with Gasteiger partial charge in [-0.15, -0.1) is 23.7 Å². The minimum Gasteiger partial charge on any atom is -0.365 e. The van der Waals surface area contributed by atoms with Crippen LogP contribution in [-0.2, 0) is 13.0 Å². The standard InChI is InChI=1S/C17H17Cl2N3O2S.ClH/c1-2-22-6-5-10-13(8-22)25-17(14(10)15(20)23)21-16(24)11-7-9(18)3-4-12(11)19;/h3-4,7H,2,5-6,8H2,1H3,(H2,20,23)(H,21,24);1H. The van der Waals surface area contributed by atoms with E-state index >= 15 is 0 Å². The van der Waals surface area contributed by atoms with E-state index in [0.717, 1.165) is 36.5 Å². The van der Waals surface area contributed by atoms with Gasteiger partial charge in [0.25, 0.3) is 11.8 Å². The summed E-state index contributed by atoms with van der Waals surface area (Å²) in [5, 5.41) is 3.96. The van der Waals surface area contributed by atoms with Crippen LogP contribution in [-0.4, -0.2) is 29.8 Å². The first kappa shape index (κ1) is 21.0. The van der Waals surface area contributed by atoms with E-state index in [-0.39, 0.29) is 18.0 Å². The van der Waals surface area contributed by atoms with Crippen LogP contribution in [0.1, 0.15) is 38.1 Å². The Labute approximate surface area is 171 Å². The van der Waals surface area contributed by atoms with Crippen molar-refractivity contribution in [2.45, 2.75) is 19.9 Å². The number of likely N-dealkylation sites (N-methyl/N-ethyl adjacent to an activating group) is 1. The highest BCUT2D eigenvalue weighted by Crippen LogP contribution is 2.37. The number of thiophene rings is 1. The normalized spacial score (nSPS) is 13.7. The first-order valence-electron chi connectivity index (χ1n) is 7.83. The molecular weight excluding hydrogens is 417 g/mol. The van der Waals surface area contributed by atoms with Gasteiger partial charge in [0.15, 0.2) is 0 Å². The van der Waals surface area contributed by atoms with E-state index in [9.17, 15) is 9.59 Å². The lowest BCUT2D eigenvalue weighted by atomic mass is 10.0. The van der Waals surface area contributed by atoms with Crippen LogP contribution in [0.15, 0.2) is 18.2 Å². The monoisotopic (exact) mass is 433 g/mol. The van der Waals surface area contributed by atoms with Crippen molar-refractivity contribution in [2.24, 2.45) is 5.73 Å². The molecule has 9 heteroatoms. The number of hydrogen-bond donors (Lipinski definition) is 2. The van der Waals surface area contributed by atoms with Gasteiger partial charge >= 0.3 is 0 Å². The van der Waals surface area contributed by atoms with Gasteiger partial charge in [-0.3, -0.25) is 14.5 Å². The third-order valence-electron chi connectivity index (χ3n) is 4.23. The average Bonchev–Trinajstić information content (AvgIpc) is 2.93. The number of nitrogens with zero attached hydrogens (tertiary/aromatic N) is 1. The molecule has 2 aromatic rings. The van der Waals surface area contributed by atoms with Crippen molar-refractivity contribution in [3.63, 3.8) is 0 Å². The van der Waals surface area contributed by atoms with E-state index in [1.165, 1.54) is 17.4 Å². The highest BCUT2D eigenvalue weighted by atomic mass is 35.5. The molecule has 140 valence electrons. The molecule has 0 saturated carbocycles. The molecule has 1 aromatic heterocycles. The van der Waals surface area contributed by atoms with Crippen molar-refractivity contribution in [1.82, 2.24) is 4.90 Å². The molecule has 1 aromatic carbocycles. The van der Waals surface area contributed by atoms with Gasteiger partial charge in [0.1, 0.15) is 5.00 Å². The summed E-state index contributed by atoms with van der Waals surface area (Å²) in [6.45, 7) is 4.65. The van der Waals surface area contributed by atoms with Gasteiger partial charge in [-0.05, 0) is 36.7 Å². The van der Waals surface area contributed by atoms with Crippen LogP contribution >= 0.6 is 46.9 Å². The van der Waals surface area contributed by atoms with E-state index in [4.69, 9.17) is 28.9 Å². The van der Waals surface area contributed by atoms with Crippen LogP contribution in [0.5, 0.6) is 0 Å². The van der Waals surface area contributed by atoms with Gasteiger partial charge in [-0.1, -0.05) is 30.1 Å². The van der Waals surface area contributed by atoms with E-state index < -0.39 is 11.8 Å². The summed E-state index contributed by atoms with van der Waals surface area (Å²) in [6.07, 6.45) is 0.742. The maximum Gasteiger partial charge on any atom is 0.257 e. The molecular formula is C17H18Cl3N3O2S. The lowest BCUT2D eigenvalue weighted by Gasteiger charge is -2.25. The topological polar surface area (TPSA) is 75.4 Å². The minimum atomic E-state index is -0.532. The highest BCUT2D eigenvalue weighted by molar-refractivity contribution is 7.17. The molecule has 1 aliphatic heterocycles. The summed E-state index contributed by atoms with van der Waals surface area (Å²) < 4.78 is 0. The van der Waals surface area contributed by atoms with Crippen LogP contribution < -0.4 is 11.1 Å². The molecule has 0 saturated heterocycles. The summed E-state index contributed by atoms with van der Waals surface area (Å²) >= 11 is 13.4. The van der Waals surface area contributed by atoms with Crippen LogP contribution in [0, 0.1) is 0 Å². The Hall–Kier alpha value is -1.31. The Morgan fingerprint density at radius 3 is 2.73 bits per heavy atom. The maximum absolute atomic E-state index is 12.6. The number of halogens is 3. The van der Waals surface area contributed by atoms with Crippen LogP contribution in [0.3, 0.4) is 0 Å². The van der Waals surface area contributed by atoms with Gasteiger partial charge in [0, 0.05) is 23.0 Å². The molecule has 3 rings (SSSR count). The Bertz CT molecular complexity index is 854. The predicted molar refractivity (Wildman–Crippen MR) is 109 cm³/mol. The molecule has 2 heterocycles. The number of amides is 2. The maximum atomic E-state index is 12.6. The number of carbonyl (C=O) groups is 2. The smallest absolute Gasteiger partial charge is 0.257 e. The van der Waals surface area contributed by atoms with Crippen molar-refractivity contribution in [3.05, 3.63) is 49.8 Å². The Morgan fingerprint density at radius 1 is 1.35 bits per heavy atom. The zero-order valence-corrected chi connectivity index (χ0v) is 17.1. The first-order valence-corrected chi connectivity index (χ1v) is 9.41. The average molecular weight is 435 g/mol. The molecule has 5 nitrogen and oxygen atoms in total. The number of nitrogens with one attached hydrogen (secondary N) is 1. The van der Waals surface area contributed by atoms with Crippen molar-refractivity contribution >= 4 is 63.8 Å². The fraction of sp³-hybridized carbons (Fsp3) is 0.294. The van der Waals surface area contributed by atoms with Crippen LogP contribution in [0.25, 0.3) is 0 Å². The van der Waals surface area contributed by atoms with Crippen molar-refractivity contribution in [1.29, 1.82) is 0 Å². The van der Waals surface area contributed by atoms with E-state index in [1.807, 2.05) is 0 Å². The van der Waals surface area contributed by atoms with Gasteiger partial charge in [0.05, 0.1) is 16.1 Å². The zero-order valence-electron chi connectivity index (χ0n) is 14.0. The summed E-state index contributed by atoms with van der Waals surface area (Å²) in [5.74, 6) is -0.948. The molecule has 26 heavy (non-hydrogen) atoms. The number of benzene rings is 1. The number of primary amides is 1. The second kappa shape index (κ2) is 8.59. The van der Waals surface area contributed by atoms with Gasteiger partial charge < -0.3 is 11.1 Å². The molecule has 3 N–H and O–H groups in total. The fourth-order valence-electron chi connectivity index (χ4n) is 2.92. The van der Waals surface area contributed by atoms with Crippen molar-refractivity contribution in [2.75, 3.05) is 18.4 Å². The molecule has 0 unspecified atom stereocenters. The largest absolute Gasteiger partial charge is 0.365 e. The molecule has 0 spiro atoms. The lowest BCUT2D eigenvalue weighted by molar-refractivity contribution is 0.1000. The SMILES string of the molecule is CCN1CCc2c(sc(NC(=O)c3cc(Cl)ccc3Cl)c2C(N)=O)C1.Cl. The Kier molecular flexibility index (Phi) is 6.93. The number of hydrogen-bond acceptors (Lipinski definition) is 4. The van der Waals surface area contributed by atoms with Gasteiger partial charge in [0.2, 0.25) is 0 Å². The summed E-state index contributed by atoms with van der Waals surface area (Å²) in [6, 6.07) is 4.67. The number of carbonyl (C=O) groups excluding carboxylic acids is 2. The molecule has 0 atom stereocenters. The molecule has 1 aliphatic rings. The lowest BCUT2D eigenvalue weighted by Crippen LogP contribution is -2.30. The molecule has 0 bridgehead atoms. The second-order valence-electron chi connectivity index (χ2n) is 5.77. The Balaban J connectivity index is 0.00000243. The molecule has 2 amide bonds. The first-order chi connectivity index (χ1) is 11.9. The molecule has 0 radical (unpaired) electrons. The summed E-state index contributed by atoms with van der Waals surface area (Å²) in [5.41, 5.74) is 7.17. The van der Waals surface area contributed by atoms with Gasteiger partial charge in [-0.2, -0.15) is 0 Å². The van der Waals surface area contributed by atoms with E-state index in [2.05, 4.69) is 17.1 Å². The third-order valence-corrected chi connectivity index (χ3v) is 5.93. The zero-order chi connectivity index (χ0) is 18.1. The summed E-state index contributed by atoms with van der Waals surface area (Å²) in [4.78, 5) is 27.9. The third kappa shape index (κ3) is 4.15. The summed E-state index contributed by atoms with van der Waals surface area (Å²) in [7, 11) is 0. The molecule has 0 aliphatic carbocycles. The highest BCUT2D eigenvalue weighted by Gasteiger charge is 2.27. The number of anilines is 1. The fourth-order valence-corrected chi connectivity index (χ4v) is 4.58. The van der Waals surface area contributed by atoms with E-state index in [0.29, 0.717) is 20.6 Å².